The van der Waals surface area contributed by atoms with E-state index in [1.165, 1.54) is 72.0 Å². The molecule has 5 rings (SSSR count). The van der Waals surface area contributed by atoms with Gasteiger partial charge in [0.1, 0.15) is 4.83 Å². The maximum atomic E-state index is 5.27. The van der Waals surface area contributed by atoms with Crippen molar-refractivity contribution >= 4 is 21.6 Å². The lowest BCUT2D eigenvalue weighted by atomic mass is 9.68. The summed E-state index contributed by atoms with van der Waals surface area (Å²) in [6.07, 6.45) is 10.0. The average molecular weight is 390 g/mol. The summed E-state index contributed by atoms with van der Waals surface area (Å²) >= 11 is 1.98. The van der Waals surface area contributed by atoms with Crippen LogP contribution < -0.4 is 0 Å². The van der Waals surface area contributed by atoms with Crippen LogP contribution in [0.25, 0.3) is 21.3 Å². The molecule has 1 unspecified atom stereocenters. The van der Waals surface area contributed by atoms with Crippen molar-refractivity contribution in [1.82, 2.24) is 4.98 Å². The zero-order valence-corrected chi connectivity index (χ0v) is 18.3. The molecule has 0 saturated carbocycles. The van der Waals surface area contributed by atoms with E-state index in [0.29, 0.717) is 5.41 Å². The fourth-order valence-electron chi connectivity index (χ4n) is 5.34. The van der Waals surface area contributed by atoms with Gasteiger partial charge in [0.05, 0.1) is 0 Å². The minimum Gasteiger partial charge on any atom is -0.242 e. The van der Waals surface area contributed by atoms with Gasteiger partial charge in [0.15, 0.2) is 0 Å². The maximum Gasteiger partial charge on any atom is 0.124 e. The highest BCUT2D eigenvalue weighted by Gasteiger charge is 2.34. The van der Waals surface area contributed by atoms with E-state index in [1.54, 1.807) is 16.0 Å². The molecule has 0 aliphatic heterocycles. The monoisotopic (exact) mass is 389 g/mol. The van der Waals surface area contributed by atoms with Crippen molar-refractivity contribution in [2.75, 3.05) is 0 Å². The van der Waals surface area contributed by atoms with E-state index in [-0.39, 0.29) is 0 Å². The quantitative estimate of drug-likeness (QED) is 0.455. The summed E-state index contributed by atoms with van der Waals surface area (Å²) in [6.45, 7) is 7.27. The third-order valence-corrected chi connectivity index (χ3v) is 8.73. The molecule has 0 saturated heterocycles. The summed E-state index contributed by atoms with van der Waals surface area (Å²) in [5.41, 5.74) is 7.88. The van der Waals surface area contributed by atoms with Crippen LogP contribution in [-0.4, -0.2) is 4.98 Å². The largest absolute Gasteiger partial charge is 0.242 e. The van der Waals surface area contributed by atoms with Crippen molar-refractivity contribution in [3.8, 4) is 11.1 Å². The van der Waals surface area contributed by atoms with Gasteiger partial charge in [-0.1, -0.05) is 57.5 Å². The molecule has 1 aromatic carbocycles. The summed E-state index contributed by atoms with van der Waals surface area (Å²) in [4.78, 5) is 8.18. The molecule has 2 aliphatic rings. The van der Waals surface area contributed by atoms with Crippen LogP contribution in [0.5, 0.6) is 0 Å². The van der Waals surface area contributed by atoms with Crippen molar-refractivity contribution in [3.63, 3.8) is 0 Å². The molecule has 3 aromatic rings. The molecule has 2 heterocycles. The molecule has 0 amide bonds. The molecule has 2 heteroatoms. The lowest BCUT2D eigenvalue weighted by Gasteiger charge is -2.37. The number of aromatic nitrogens is 1. The van der Waals surface area contributed by atoms with Gasteiger partial charge in [-0.15, -0.1) is 11.3 Å². The number of aryl methyl sites for hydroxylation is 3. The molecule has 0 spiro atoms. The van der Waals surface area contributed by atoms with Gasteiger partial charge in [-0.05, 0) is 78.5 Å². The van der Waals surface area contributed by atoms with Gasteiger partial charge in [0, 0.05) is 16.0 Å². The Morgan fingerprint density at radius 2 is 1.82 bits per heavy atom. The highest BCUT2D eigenvalue weighted by Crippen LogP contribution is 2.47. The first kappa shape index (κ1) is 18.4. The Labute approximate surface area is 173 Å². The van der Waals surface area contributed by atoms with Crippen molar-refractivity contribution < 1.29 is 0 Å². The molecule has 2 aromatic heterocycles. The number of benzene rings is 1. The van der Waals surface area contributed by atoms with E-state index in [4.69, 9.17) is 4.98 Å². The summed E-state index contributed by atoms with van der Waals surface area (Å²) in [5, 5.41) is 1.50. The van der Waals surface area contributed by atoms with Crippen LogP contribution in [0.1, 0.15) is 68.2 Å². The highest BCUT2D eigenvalue weighted by molar-refractivity contribution is 7.19. The van der Waals surface area contributed by atoms with E-state index in [1.807, 2.05) is 11.3 Å². The summed E-state index contributed by atoms with van der Waals surface area (Å²) in [6, 6.07) is 11.2. The lowest BCUT2D eigenvalue weighted by Crippen LogP contribution is -2.29. The average Bonchev–Trinajstić information content (AvgIpc) is 3.10. The number of hydrogen-bond donors (Lipinski definition) is 0. The number of fused-ring (bicyclic) bond motifs is 4. The molecule has 146 valence electrons. The molecule has 2 aliphatic carbocycles. The van der Waals surface area contributed by atoms with Gasteiger partial charge in [-0.25, -0.2) is 4.98 Å². The van der Waals surface area contributed by atoms with Crippen LogP contribution in [0.4, 0.5) is 0 Å². The van der Waals surface area contributed by atoms with E-state index < -0.39 is 0 Å². The lowest BCUT2D eigenvalue weighted by molar-refractivity contribution is 0.182. The Kier molecular flexibility index (Phi) is 4.58. The predicted molar refractivity (Wildman–Crippen MR) is 121 cm³/mol. The maximum absolute atomic E-state index is 5.27. The van der Waals surface area contributed by atoms with E-state index in [2.05, 4.69) is 51.1 Å². The molecule has 1 nitrogen and oxygen atoms in total. The van der Waals surface area contributed by atoms with Gasteiger partial charge < -0.3 is 0 Å². The first-order valence-electron chi connectivity index (χ1n) is 11.1. The molecular formula is C26H31NS. The molecular weight excluding hydrogens is 358 g/mol. The Morgan fingerprint density at radius 3 is 2.61 bits per heavy atom. The Balaban J connectivity index is 1.77. The zero-order chi connectivity index (χ0) is 19.3. The van der Waals surface area contributed by atoms with Gasteiger partial charge in [0.25, 0.3) is 0 Å². The fraction of sp³-hybridized carbons (Fsp3) is 0.500. The van der Waals surface area contributed by atoms with Crippen LogP contribution in [-0.2, 0) is 25.7 Å². The molecule has 0 N–H and O–H groups in total. The van der Waals surface area contributed by atoms with Crippen LogP contribution in [0.2, 0.25) is 0 Å². The third kappa shape index (κ3) is 2.92. The van der Waals surface area contributed by atoms with E-state index >= 15 is 0 Å². The van der Waals surface area contributed by atoms with Crippen molar-refractivity contribution in [2.45, 2.75) is 72.1 Å². The number of hydrogen-bond acceptors (Lipinski definition) is 2. The normalized spacial score (nSPS) is 19.5. The smallest absolute Gasteiger partial charge is 0.124 e. The topological polar surface area (TPSA) is 12.9 Å². The standard InChI is InChI=1S/C26H31NS/c1-4-26(2,3)18-14-15-21-20(16-18)23(17-10-6-5-7-11-17)24-19-12-8-9-13-22(19)28-25(24)27-21/h5-7,10-11,18H,4,8-9,12-16H2,1-3H3. The van der Waals surface area contributed by atoms with Gasteiger partial charge in [-0.2, -0.15) is 0 Å². The van der Waals surface area contributed by atoms with Crippen LogP contribution in [0, 0.1) is 11.3 Å². The second-order valence-corrected chi connectivity index (χ2v) is 10.5. The van der Waals surface area contributed by atoms with Gasteiger partial charge >= 0.3 is 0 Å². The summed E-state index contributed by atoms with van der Waals surface area (Å²) in [7, 11) is 0. The first-order valence-corrected chi connectivity index (χ1v) is 11.9. The second-order valence-electron chi connectivity index (χ2n) is 9.45. The Bertz CT molecular complexity index is 1010. The zero-order valence-electron chi connectivity index (χ0n) is 17.5. The molecule has 0 radical (unpaired) electrons. The number of nitrogens with zero attached hydrogens (tertiary/aromatic N) is 1. The van der Waals surface area contributed by atoms with Crippen molar-refractivity contribution in [1.29, 1.82) is 0 Å². The minimum absolute atomic E-state index is 0.397. The van der Waals surface area contributed by atoms with Crippen LogP contribution in [0.15, 0.2) is 30.3 Å². The highest BCUT2D eigenvalue weighted by atomic mass is 32.1. The van der Waals surface area contributed by atoms with E-state index in [0.717, 1.165) is 12.3 Å². The minimum atomic E-state index is 0.397. The summed E-state index contributed by atoms with van der Waals surface area (Å²) in [5.74, 6) is 0.751. The van der Waals surface area contributed by atoms with Crippen LogP contribution in [0.3, 0.4) is 0 Å². The molecule has 1 atom stereocenters. The SMILES string of the molecule is CCC(C)(C)C1CCc2nc3sc4c(c3c(-c3ccccc3)c2C1)CCCC4. The van der Waals surface area contributed by atoms with Gasteiger partial charge in [-0.3, -0.25) is 0 Å². The molecule has 0 bridgehead atoms. The third-order valence-electron chi connectivity index (χ3n) is 7.55. The van der Waals surface area contributed by atoms with E-state index in [9.17, 15) is 0 Å². The fourth-order valence-corrected chi connectivity index (χ4v) is 6.63. The Hall–Kier alpha value is -1.67. The first-order chi connectivity index (χ1) is 13.6. The number of pyridine rings is 1. The predicted octanol–water partition coefficient (Wildman–Crippen LogP) is 7.38. The van der Waals surface area contributed by atoms with Crippen LogP contribution >= 0.6 is 11.3 Å². The van der Waals surface area contributed by atoms with Gasteiger partial charge in [0.2, 0.25) is 0 Å². The Morgan fingerprint density at radius 1 is 1.04 bits per heavy atom. The van der Waals surface area contributed by atoms with Crippen molar-refractivity contribution in [2.24, 2.45) is 11.3 Å². The molecule has 28 heavy (non-hydrogen) atoms. The number of thiophene rings is 1. The molecule has 0 fully saturated rings. The summed E-state index contributed by atoms with van der Waals surface area (Å²) < 4.78 is 0. The second kappa shape index (κ2) is 6.99. The number of rotatable bonds is 3. The van der Waals surface area contributed by atoms with Crippen molar-refractivity contribution in [3.05, 3.63) is 52.0 Å².